The zero-order chi connectivity index (χ0) is 21.4. The quantitative estimate of drug-likeness (QED) is 0.612. The molecule has 0 aromatic carbocycles. The van der Waals surface area contributed by atoms with Gasteiger partial charge in [0.15, 0.2) is 11.6 Å². The molecule has 3 aromatic rings. The molecule has 9 nitrogen and oxygen atoms in total. The summed E-state index contributed by atoms with van der Waals surface area (Å²) in [6, 6.07) is 7.53. The number of aromatic nitrogens is 6. The minimum Gasteiger partial charge on any atom is -0.353 e. The Balaban J connectivity index is 1.20. The third kappa shape index (κ3) is 4.10. The molecule has 3 aromatic heterocycles. The first-order valence-corrected chi connectivity index (χ1v) is 11.0. The molecule has 0 atom stereocenters. The van der Waals surface area contributed by atoms with E-state index in [1.165, 1.54) is 17.7 Å². The average molecular weight is 421 g/mol. The third-order valence-electron chi connectivity index (χ3n) is 6.21. The Labute approximate surface area is 181 Å². The maximum Gasteiger partial charge on any atom is 0.266 e. The highest BCUT2D eigenvalue weighted by Crippen LogP contribution is 2.23. The third-order valence-corrected chi connectivity index (χ3v) is 6.21. The molecule has 4 heterocycles. The standard InChI is InChI=1S/C22H28N8O/c1-16-14-17(2)30(25-16)20-6-7-22(31)29(26-20)13-10-27-8-11-28(12-9-27)21-15-18-4-3-5-19(18)23-24-21/h6-7,14-15H,3-5,8-13H2,1-2H3. The number of fused-ring (bicyclic) bond motifs is 1. The molecule has 1 aliphatic carbocycles. The van der Waals surface area contributed by atoms with Crippen molar-refractivity contribution in [3.63, 3.8) is 0 Å². The molecule has 9 heteroatoms. The minimum atomic E-state index is -0.0858. The van der Waals surface area contributed by atoms with E-state index in [1.54, 1.807) is 21.5 Å². The maximum absolute atomic E-state index is 12.3. The summed E-state index contributed by atoms with van der Waals surface area (Å²) in [5.41, 5.74) is 4.38. The Hall–Kier alpha value is -3.07. The molecular weight excluding hydrogens is 392 g/mol. The van der Waals surface area contributed by atoms with Crippen LogP contribution in [0.4, 0.5) is 5.82 Å². The van der Waals surface area contributed by atoms with Gasteiger partial charge in [-0.1, -0.05) is 0 Å². The lowest BCUT2D eigenvalue weighted by atomic mass is 10.2. The molecule has 162 valence electrons. The van der Waals surface area contributed by atoms with Gasteiger partial charge in [-0.05, 0) is 56.9 Å². The van der Waals surface area contributed by atoms with Crippen LogP contribution in [0.15, 0.2) is 29.1 Å². The fourth-order valence-corrected chi connectivity index (χ4v) is 4.48. The molecule has 0 N–H and O–H groups in total. The first kappa shape index (κ1) is 19.9. The van der Waals surface area contributed by atoms with Crippen molar-refractivity contribution >= 4 is 5.82 Å². The monoisotopic (exact) mass is 420 g/mol. The highest BCUT2D eigenvalue weighted by molar-refractivity contribution is 5.43. The SMILES string of the molecule is Cc1cc(C)n(-c2ccc(=O)n(CCN3CCN(c4cc5c(nn4)CCC5)CC3)n2)n1. The van der Waals surface area contributed by atoms with E-state index in [0.717, 1.165) is 62.8 Å². The van der Waals surface area contributed by atoms with Gasteiger partial charge in [0.2, 0.25) is 0 Å². The van der Waals surface area contributed by atoms with Gasteiger partial charge in [0, 0.05) is 44.5 Å². The Kier molecular flexibility index (Phi) is 5.27. The number of hydrogen-bond acceptors (Lipinski definition) is 7. The van der Waals surface area contributed by atoms with E-state index in [1.807, 2.05) is 19.9 Å². The van der Waals surface area contributed by atoms with Crippen LogP contribution in [0.5, 0.6) is 0 Å². The number of hydrogen-bond donors (Lipinski definition) is 0. The van der Waals surface area contributed by atoms with Gasteiger partial charge < -0.3 is 4.90 Å². The van der Waals surface area contributed by atoms with Gasteiger partial charge in [-0.2, -0.15) is 10.2 Å². The van der Waals surface area contributed by atoms with Crippen LogP contribution in [0.3, 0.4) is 0 Å². The van der Waals surface area contributed by atoms with Crippen molar-refractivity contribution in [1.29, 1.82) is 0 Å². The van der Waals surface area contributed by atoms with Crippen LogP contribution in [0.2, 0.25) is 0 Å². The van der Waals surface area contributed by atoms with Gasteiger partial charge in [0.05, 0.1) is 17.9 Å². The van der Waals surface area contributed by atoms with Crippen LogP contribution >= 0.6 is 0 Å². The van der Waals surface area contributed by atoms with E-state index < -0.39 is 0 Å². The molecule has 0 spiro atoms. The number of rotatable bonds is 5. The fourth-order valence-electron chi connectivity index (χ4n) is 4.48. The van der Waals surface area contributed by atoms with Gasteiger partial charge >= 0.3 is 0 Å². The zero-order valence-corrected chi connectivity index (χ0v) is 18.2. The van der Waals surface area contributed by atoms with Crippen molar-refractivity contribution in [1.82, 2.24) is 34.7 Å². The number of aryl methyl sites for hydroxylation is 4. The first-order chi connectivity index (χ1) is 15.1. The van der Waals surface area contributed by atoms with Crippen LogP contribution in [-0.2, 0) is 19.4 Å². The van der Waals surface area contributed by atoms with Gasteiger partial charge in [0.25, 0.3) is 5.56 Å². The fraction of sp³-hybridized carbons (Fsp3) is 0.500. The van der Waals surface area contributed by atoms with Crippen molar-refractivity contribution in [3.8, 4) is 5.82 Å². The predicted octanol–water partition coefficient (Wildman–Crippen LogP) is 1.15. The van der Waals surface area contributed by atoms with Gasteiger partial charge in [0.1, 0.15) is 0 Å². The van der Waals surface area contributed by atoms with Gasteiger partial charge in [-0.25, -0.2) is 9.36 Å². The molecule has 0 radical (unpaired) electrons. The van der Waals surface area contributed by atoms with Crippen molar-refractivity contribution in [2.24, 2.45) is 0 Å². The summed E-state index contributed by atoms with van der Waals surface area (Å²) < 4.78 is 3.33. The van der Waals surface area contributed by atoms with Crippen LogP contribution in [0.1, 0.15) is 29.1 Å². The highest BCUT2D eigenvalue weighted by atomic mass is 16.1. The lowest BCUT2D eigenvalue weighted by Crippen LogP contribution is -2.48. The normalized spacial score (nSPS) is 16.6. The number of nitrogens with zero attached hydrogens (tertiary/aromatic N) is 8. The summed E-state index contributed by atoms with van der Waals surface area (Å²) in [5, 5.41) is 17.9. The topological polar surface area (TPSA) is 85.0 Å². The van der Waals surface area contributed by atoms with Crippen LogP contribution in [-0.4, -0.2) is 67.4 Å². The summed E-state index contributed by atoms with van der Waals surface area (Å²) in [6.07, 6.45) is 3.37. The van der Waals surface area contributed by atoms with Crippen molar-refractivity contribution in [2.45, 2.75) is 39.7 Å². The average Bonchev–Trinajstić information content (AvgIpc) is 3.38. The highest BCUT2D eigenvalue weighted by Gasteiger charge is 2.21. The van der Waals surface area contributed by atoms with Crippen molar-refractivity contribution < 1.29 is 0 Å². The summed E-state index contributed by atoms with van der Waals surface area (Å²) in [5.74, 6) is 1.67. The van der Waals surface area contributed by atoms with Gasteiger partial charge in [-0.15, -0.1) is 10.2 Å². The van der Waals surface area contributed by atoms with Crippen molar-refractivity contribution in [3.05, 3.63) is 57.3 Å². The summed E-state index contributed by atoms with van der Waals surface area (Å²) in [7, 11) is 0. The van der Waals surface area contributed by atoms with E-state index in [0.29, 0.717) is 12.4 Å². The minimum absolute atomic E-state index is 0.0858. The lowest BCUT2D eigenvalue weighted by Gasteiger charge is -2.35. The van der Waals surface area contributed by atoms with E-state index in [-0.39, 0.29) is 5.56 Å². The molecular formula is C22H28N8O. The van der Waals surface area contributed by atoms with E-state index in [9.17, 15) is 4.79 Å². The molecule has 0 unspecified atom stereocenters. The smallest absolute Gasteiger partial charge is 0.266 e. The Morgan fingerprint density at radius 2 is 1.74 bits per heavy atom. The summed E-state index contributed by atoms with van der Waals surface area (Å²) >= 11 is 0. The Bertz CT molecular complexity index is 1140. The molecule has 1 aliphatic heterocycles. The molecule has 0 saturated carbocycles. The van der Waals surface area contributed by atoms with Crippen molar-refractivity contribution in [2.75, 3.05) is 37.6 Å². The molecule has 1 fully saturated rings. The second kappa shape index (κ2) is 8.22. The Morgan fingerprint density at radius 3 is 2.52 bits per heavy atom. The number of piperazine rings is 1. The second-order valence-corrected chi connectivity index (χ2v) is 8.45. The molecule has 31 heavy (non-hydrogen) atoms. The predicted molar refractivity (Wildman–Crippen MR) is 118 cm³/mol. The second-order valence-electron chi connectivity index (χ2n) is 8.45. The van der Waals surface area contributed by atoms with Crippen LogP contribution in [0.25, 0.3) is 5.82 Å². The Morgan fingerprint density at radius 1 is 0.903 bits per heavy atom. The summed E-state index contributed by atoms with van der Waals surface area (Å²) in [6.45, 7) is 9.00. The maximum atomic E-state index is 12.3. The van der Waals surface area contributed by atoms with E-state index in [2.05, 4.69) is 36.3 Å². The zero-order valence-electron chi connectivity index (χ0n) is 18.2. The largest absolute Gasteiger partial charge is 0.353 e. The lowest BCUT2D eigenvalue weighted by molar-refractivity contribution is 0.242. The molecule has 2 aliphatic rings. The van der Waals surface area contributed by atoms with E-state index >= 15 is 0 Å². The molecule has 0 amide bonds. The molecule has 5 rings (SSSR count). The van der Waals surface area contributed by atoms with Crippen LogP contribution < -0.4 is 10.5 Å². The number of anilines is 1. The molecule has 1 saturated heterocycles. The van der Waals surface area contributed by atoms with Crippen LogP contribution in [0, 0.1) is 13.8 Å². The first-order valence-electron chi connectivity index (χ1n) is 11.0. The van der Waals surface area contributed by atoms with Gasteiger partial charge in [-0.3, -0.25) is 9.69 Å². The summed E-state index contributed by atoms with van der Waals surface area (Å²) in [4.78, 5) is 17.0. The van der Waals surface area contributed by atoms with E-state index in [4.69, 9.17) is 0 Å². The molecule has 0 bridgehead atoms.